The number of sulfonamides is 1. The SMILES string of the molecule is C[C@H]1CC/C=C\[C@@H]2C[C@@]2(C(=O)NS(=O)(=O)C2(C)CC2)CC(=O)[C@@H]2C[C@@H](OC(=O)c3ccc4c(c3)OCCO4)CN2C(=O)[C@@H](CC(=O)OC(C)(C)C)[C@H](C)C1. The van der Waals surface area contributed by atoms with Crippen LogP contribution in [0.5, 0.6) is 11.5 Å². The Hall–Kier alpha value is -3.94. The second kappa shape index (κ2) is 15.0. The van der Waals surface area contributed by atoms with Crippen LogP contribution in [0.2, 0.25) is 0 Å². The first kappa shape index (κ1) is 39.7. The van der Waals surface area contributed by atoms with Crippen LogP contribution in [0, 0.1) is 29.1 Å². The zero-order valence-corrected chi connectivity index (χ0v) is 33.0. The summed E-state index contributed by atoms with van der Waals surface area (Å²) < 4.78 is 50.4. The van der Waals surface area contributed by atoms with Crippen LogP contribution in [0.25, 0.3) is 0 Å². The second-order valence-corrected chi connectivity index (χ2v) is 19.5. The number of esters is 2. The van der Waals surface area contributed by atoms with Crippen molar-refractivity contribution in [1.29, 1.82) is 0 Å². The van der Waals surface area contributed by atoms with Gasteiger partial charge in [-0.3, -0.25) is 23.9 Å². The number of Topliss-reactive ketones (excluding diaryl/α,β-unsaturated/α-hetero) is 1. The van der Waals surface area contributed by atoms with Gasteiger partial charge in [-0.2, -0.15) is 0 Å². The minimum atomic E-state index is -3.97. The summed E-state index contributed by atoms with van der Waals surface area (Å²) in [7, 11) is -3.97. The van der Waals surface area contributed by atoms with Gasteiger partial charge in [-0.05, 0) is 102 Å². The summed E-state index contributed by atoms with van der Waals surface area (Å²) in [6.07, 6.45) is 5.77. The Morgan fingerprint density at radius 1 is 1.04 bits per heavy atom. The minimum absolute atomic E-state index is 0.0284. The van der Waals surface area contributed by atoms with E-state index in [0.717, 1.165) is 6.42 Å². The van der Waals surface area contributed by atoms with E-state index in [1.165, 1.54) is 11.0 Å². The number of hydrogen-bond donors (Lipinski definition) is 1. The van der Waals surface area contributed by atoms with Crippen molar-refractivity contribution in [3.05, 3.63) is 35.9 Å². The van der Waals surface area contributed by atoms with Crippen molar-refractivity contribution in [2.75, 3.05) is 19.8 Å². The van der Waals surface area contributed by atoms with Crippen LogP contribution in [0.1, 0.15) is 110 Å². The molecule has 1 saturated heterocycles. The summed E-state index contributed by atoms with van der Waals surface area (Å²) in [5.41, 5.74) is -1.88. The van der Waals surface area contributed by atoms with Gasteiger partial charge in [0.05, 0.1) is 40.7 Å². The van der Waals surface area contributed by atoms with Crippen molar-refractivity contribution in [1.82, 2.24) is 9.62 Å². The fourth-order valence-corrected chi connectivity index (χ4v) is 9.37. The number of nitrogens with zero attached hydrogens (tertiary/aromatic N) is 1. The van der Waals surface area contributed by atoms with Crippen molar-refractivity contribution in [2.24, 2.45) is 29.1 Å². The maximum absolute atomic E-state index is 14.7. The van der Waals surface area contributed by atoms with E-state index >= 15 is 0 Å². The van der Waals surface area contributed by atoms with E-state index in [-0.39, 0.29) is 55.5 Å². The van der Waals surface area contributed by atoms with E-state index < -0.39 is 73.4 Å². The van der Waals surface area contributed by atoms with E-state index in [1.807, 2.05) is 19.1 Å². The molecule has 13 nitrogen and oxygen atoms in total. The number of amides is 2. The average Bonchev–Trinajstić information content (AvgIpc) is 3.97. The molecule has 0 aromatic heterocycles. The zero-order chi connectivity index (χ0) is 39.2. The van der Waals surface area contributed by atoms with Crippen LogP contribution in [0.15, 0.2) is 30.4 Å². The van der Waals surface area contributed by atoms with Crippen LogP contribution < -0.4 is 14.2 Å². The van der Waals surface area contributed by atoms with E-state index in [9.17, 15) is 32.4 Å². The lowest BCUT2D eigenvalue weighted by molar-refractivity contribution is -0.160. The Labute approximate surface area is 317 Å². The second-order valence-electron chi connectivity index (χ2n) is 17.3. The molecule has 5 aliphatic rings. The van der Waals surface area contributed by atoms with Gasteiger partial charge >= 0.3 is 11.9 Å². The Balaban J connectivity index is 1.31. The molecule has 0 bridgehead atoms. The van der Waals surface area contributed by atoms with Gasteiger partial charge in [0.2, 0.25) is 21.8 Å². The topological polar surface area (TPSA) is 172 Å². The van der Waals surface area contributed by atoms with Crippen molar-refractivity contribution in [3.8, 4) is 11.5 Å². The number of rotatable bonds is 7. The Morgan fingerprint density at radius 3 is 2.43 bits per heavy atom. The van der Waals surface area contributed by atoms with E-state index in [4.69, 9.17) is 18.9 Å². The number of hydrogen-bond acceptors (Lipinski definition) is 11. The molecular weight excluding hydrogens is 717 g/mol. The molecule has 6 rings (SSSR count). The fraction of sp³-hybridized carbons (Fsp3) is 0.675. The first-order valence-corrected chi connectivity index (χ1v) is 20.7. The molecule has 0 spiro atoms. The van der Waals surface area contributed by atoms with Crippen molar-refractivity contribution >= 4 is 39.6 Å². The number of carbonyl (C=O) groups is 5. The van der Waals surface area contributed by atoms with E-state index in [0.29, 0.717) is 50.4 Å². The number of nitrogens with one attached hydrogen (secondary N) is 1. The third-order valence-corrected chi connectivity index (χ3v) is 13.8. The maximum atomic E-state index is 14.7. The van der Waals surface area contributed by atoms with Gasteiger partial charge in [-0.25, -0.2) is 13.2 Å². The Kier molecular flexibility index (Phi) is 11.0. The highest BCUT2D eigenvalue weighted by atomic mass is 32.2. The molecule has 2 amide bonds. The first-order valence-electron chi connectivity index (χ1n) is 19.2. The lowest BCUT2D eigenvalue weighted by Gasteiger charge is -2.32. The van der Waals surface area contributed by atoms with Gasteiger partial charge in [0.15, 0.2) is 17.3 Å². The molecule has 3 heterocycles. The third kappa shape index (κ3) is 8.63. The highest BCUT2D eigenvalue weighted by Crippen LogP contribution is 2.57. The summed E-state index contributed by atoms with van der Waals surface area (Å²) in [5, 5.41) is 0. The molecule has 14 heteroatoms. The smallest absolute Gasteiger partial charge is 0.338 e. The quantitative estimate of drug-likeness (QED) is 0.295. The molecule has 54 heavy (non-hydrogen) atoms. The number of ketones is 1. The van der Waals surface area contributed by atoms with Gasteiger partial charge in [0.25, 0.3) is 0 Å². The predicted molar refractivity (Wildman–Crippen MR) is 197 cm³/mol. The highest BCUT2D eigenvalue weighted by Gasteiger charge is 2.62. The molecule has 2 aliphatic carbocycles. The molecule has 3 aliphatic heterocycles. The molecule has 2 saturated carbocycles. The zero-order valence-electron chi connectivity index (χ0n) is 32.2. The number of carbonyl (C=O) groups excluding carboxylic acids is 5. The molecule has 1 aromatic carbocycles. The molecule has 296 valence electrons. The third-order valence-electron chi connectivity index (χ3n) is 11.7. The summed E-state index contributed by atoms with van der Waals surface area (Å²) >= 11 is 0. The van der Waals surface area contributed by atoms with Crippen molar-refractivity contribution in [3.63, 3.8) is 0 Å². The number of fused-ring (bicyclic) bond motifs is 3. The molecule has 7 atom stereocenters. The van der Waals surface area contributed by atoms with Crippen LogP contribution >= 0.6 is 0 Å². The van der Waals surface area contributed by atoms with E-state index in [1.54, 1.807) is 39.8 Å². The summed E-state index contributed by atoms with van der Waals surface area (Å²) in [6.45, 7) is 11.5. The van der Waals surface area contributed by atoms with E-state index in [2.05, 4.69) is 11.6 Å². The number of allylic oxidation sites excluding steroid dienone is 2. The summed E-state index contributed by atoms with van der Waals surface area (Å²) in [4.78, 5) is 71.2. The van der Waals surface area contributed by atoms with Crippen molar-refractivity contribution < 1.29 is 51.3 Å². The van der Waals surface area contributed by atoms with Crippen LogP contribution in [-0.2, 0) is 38.7 Å². The lowest BCUT2D eigenvalue weighted by Crippen LogP contribution is -2.48. The van der Waals surface area contributed by atoms with Crippen molar-refractivity contribution in [2.45, 2.75) is 122 Å². The summed E-state index contributed by atoms with van der Waals surface area (Å²) in [5.74, 6) is -3.16. The van der Waals surface area contributed by atoms with Gasteiger partial charge in [-0.1, -0.05) is 26.0 Å². The Morgan fingerprint density at radius 2 is 1.74 bits per heavy atom. The fourth-order valence-electron chi connectivity index (χ4n) is 8.04. The average molecular weight is 771 g/mol. The van der Waals surface area contributed by atoms with Crippen LogP contribution in [0.4, 0.5) is 0 Å². The normalized spacial score (nSPS) is 31.5. The predicted octanol–water partition coefficient (Wildman–Crippen LogP) is 4.91. The standard InChI is InChI=1S/C40H54N2O11S/c1-24-9-7-8-10-27-21-40(27,37(47)41-54(48,49)39(6)13-14-39)22-31(43)30-19-28(52-36(46)26-11-12-32-33(18-26)51-16-15-50-32)23-42(30)35(45)29(25(2)17-24)20-34(44)53-38(3,4)5/h8,10-12,18,24-25,27-30H,7,9,13-17,19-23H2,1-6H3,(H,41,47)/b10-8-/t24-,25+,27+,28+,29-,30-,40+/m0/s1. The largest absolute Gasteiger partial charge is 0.486 e. The molecule has 0 unspecified atom stereocenters. The molecule has 0 radical (unpaired) electrons. The minimum Gasteiger partial charge on any atom is -0.486 e. The lowest BCUT2D eigenvalue weighted by atomic mass is 9.82. The van der Waals surface area contributed by atoms with Crippen LogP contribution in [-0.4, -0.2) is 85.1 Å². The maximum Gasteiger partial charge on any atom is 0.338 e. The number of ether oxygens (including phenoxy) is 4. The first-order chi connectivity index (χ1) is 25.3. The van der Waals surface area contributed by atoms with Gasteiger partial charge in [0.1, 0.15) is 24.9 Å². The molecule has 3 fully saturated rings. The van der Waals surface area contributed by atoms with Crippen LogP contribution in [0.3, 0.4) is 0 Å². The highest BCUT2D eigenvalue weighted by molar-refractivity contribution is 7.91. The Bertz CT molecular complexity index is 1810. The van der Waals surface area contributed by atoms with Gasteiger partial charge < -0.3 is 23.8 Å². The molecule has 1 aromatic rings. The molecule has 1 N–H and O–H groups in total. The monoisotopic (exact) mass is 770 g/mol. The number of benzene rings is 1. The van der Waals surface area contributed by atoms with Gasteiger partial charge in [0, 0.05) is 12.8 Å². The van der Waals surface area contributed by atoms with Gasteiger partial charge in [-0.15, -0.1) is 0 Å². The summed E-state index contributed by atoms with van der Waals surface area (Å²) in [6, 6.07) is 3.62. The molecular formula is C40H54N2O11S.